The van der Waals surface area contributed by atoms with Crippen molar-refractivity contribution in [2.24, 2.45) is 5.92 Å². The molecule has 0 saturated carbocycles. The van der Waals surface area contributed by atoms with Crippen LogP contribution in [0.4, 0.5) is 0 Å². The summed E-state index contributed by atoms with van der Waals surface area (Å²) in [5, 5.41) is 0. The maximum absolute atomic E-state index is 12.6. The van der Waals surface area contributed by atoms with E-state index in [-0.39, 0.29) is 36.0 Å². The molecule has 1 fully saturated rings. The highest BCUT2D eigenvalue weighted by molar-refractivity contribution is 7.91. The summed E-state index contributed by atoms with van der Waals surface area (Å²) in [6.07, 6.45) is 0.518. The first kappa shape index (κ1) is 18.8. The second-order valence-corrected chi connectivity index (χ2v) is 9.28. The van der Waals surface area contributed by atoms with E-state index < -0.39 is 9.84 Å². The number of amides is 1. The van der Waals surface area contributed by atoms with Crippen LogP contribution in [0.2, 0.25) is 0 Å². The van der Waals surface area contributed by atoms with Crippen molar-refractivity contribution in [3.05, 3.63) is 29.3 Å². The lowest BCUT2D eigenvalue weighted by atomic mass is 10.1. The number of carbonyl (C=O) groups excluding carboxylic acids is 1. The monoisotopic (exact) mass is 353 g/mol. The molecule has 134 valence electrons. The fourth-order valence-corrected chi connectivity index (χ4v) is 4.78. The third-order valence-electron chi connectivity index (χ3n) is 4.21. The number of aryl methyl sites for hydroxylation is 2. The second kappa shape index (κ2) is 7.55. The molecule has 1 saturated heterocycles. The lowest BCUT2D eigenvalue weighted by molar-refractivity contribution is -0.135. The molecular weight excluding hydrogens is 326 g/mol. The van der Waals surface area contributed by atoms with Gasteiger partial charge in [-0.1, -0.05) is 31.5 Å². The standard InChI is InChI=1S/C18H27NO4S/c1-13(2)10-19(16-7-8-24(21,22)12-16)18(20)11-23-17-6-5-14(3)9-15(17)4/h5-6,9,13,16H,7-8,10-12H2,1-4H3. The molecule has 0 aliphatic carbocycles. The minimum atomic E-state index is -3.02. The largest absolute Gasteiger partial charge is 0.484 e. The molecule has 1 unspecified atom stereocenters. The zero-order valence-electron chi connectivity index (χ0n) is 14.9. The summed E-state index contributed by atoms with van der Waals surface area (Å²) in [7, 11) is -3.02. The number of rotatable bonds is 6. The molecule has 1 amide bonds. The number of hydrogen-bond acceptors (Lipinski definition) is 4. The van der Waals surface area contributed by atoms with Crippen LogP contribution in [0, 0.1) is 19.8 Å². The van der Waals surface area contributed by atoms with Crippen LogP contribution in [0.5, 0.6) is 5.75 Å². The number of hydrogen-bond donors (Lipinski definition) is 0. The minimum absolute atomic E-state index is 0.0623. The third kappa shape index (κ3) is 4.97. The molecule has 1 atom stereocenters. The van der Waals surface area contributed by atoms with Crippen LogP contribution < -0.4 is 4.74 Å². The Kier molecular flexibility index (Phi) is 5.91. The van der Waals surface area contributed by atoms with E-state index >= 15 is 0 Å². The predicted molar refractivity (Wildman–Crippen MR) is 95.0 cm³/mol. The van der Waals surface area contributed by atoms with Crippen molar-refractivity contribution < 1.29 is 17.9 Å². The Morgan fingerprint density at radius 1 is 1.33 bits per heavy atom. The number of benzene rings is 1. The lowest BCUT2D eigenvalue weighted by Gasteiger charge is -2.30. The van der Waals surface area contributed by atoms with Crippen molar-refractivity contribution in [2.75, 3.05) is 24.7 Å². The minimum Gasteiger partial charge on any atom is -0.484 e. The van der Waals surface area contributed by atoms with Gasteiger partial charge in [0.2, 0.25) is 0 Å². The van der Waals surface area contributed by atoms with Gasteiger partial charge in [-0.15, -0.1) is 0 Å². The number of ether oxygens (including phenoxy) is 1. The van der Waals surface area contributed by atoms with Crippen molar-refractivity contribution in [2.45, 2.75) is 40.2 Å². The molecule has 1 heterocycles. The topological polar surface area (TPSA) is 63.7 Å². The predicted octanol–water partition coefficient (Wildman–Crippen LogP) is 2.35. The molecule has 2 rings (SSSR count). The van der Waals surface area contributed by atoms with Gasteiger partial charge in [0.25, 0.3) is 5.91 Å². The molecule has 0 bridgehead atoms. The molecule has 1 aliphatic heterocycles. The van der Waals surface area contributed by atoms with Crippen molar-refractivity contribution >= 4 is 15.7 Å². The van der Waals surface area contributed by atoms with Crippen LogP contribution in [-0.4, -0.2) is 49.9 Å². The van der Waals surface area contributed by atoms with Gasteiger partial charge >= 0.3 is 0 Å². The SMILES string of the molecule is Cc1ccc(OCC(=O)N(CC(C)C)C2CCS(=O)(=O)C2)c(C)c1. The summed E-state index contributed by atoms with van der Waals surface area (Å²) in [5.41, 5.74) is 2.13. The fraction of sp³-hybridized carbons (Fsp3) is 0.611. The molecular formula is C18H27NO4S. The van der Waals surface area contributed by atoms with E-state index in [4.69, 9.17) is 4.74 Å². The Labute approximate surface area is 144 Å². The number of carbonyl (C=O) groups is 1. The normalized spacial score (nSPS) is 19.5. The van der Waals surface area contributed by atoms with E-state index in [0.29, 0.717) is 18.7 Å². The first-order chi connectivity index (χ1) is 11.2. The summed E-state index contributed by atoms with van der Waals surface area (Å²) < 4.78 is 29.2. The van der Waals surface area contributed by atoms with E-state index in [9.17, 15) is 13.2 Å². The molecule has 6 heteroatoms. The average Bonchev–Trinajstić information content (AvgIpc) is 2.83. The van der Waals surface area contributed by atoms with Crippen LogP contribution in [-0.2, 0) is 14.6 Å². The van der Waals surface area contributed by atoms with E-state index in [1.54, 1.807) is 4.90 Å². The molecule has 0 spiro atoms. The Morgan fingerprint density at radius 3 is 2.58 bits per heavy atom. The summed E-state index contributed by atoms with van der Waals surface area (Å²) >= 11 is 0. The Balaban J connectivity index is 2.05. The fourth-order valence-electron chi connectivity index (χ4n) is 3.05. The maximum Gasteiger partial charge on any atom is 0.260 e. The van der Waals surface area contributed by atoms with Gasteiger partial charge in [-0.05, 0) is 37.8 Å². The van der Waals surface area contributed by atoms with Crippen LogP contribution in [0.15, 0.2) is 18.2 Å². The van der Waals surface area contributed by atoms with Crippen molar-refractivity contribution in [3.8, 4) is 5.75 Å². The van der Waals surface area contributed by atoms with Gasteiger partial charge in [-0.25, -0.2) is 8.42 Å². The summed E-state index contributed by atoms with van der Waals surface area (Å²) in [6.45, 7) is 8.49. The molecule has 1 aliphatic rings. The van der Waals surface area contributed by atoms with E-state index in [2.05, 4.69) is 0 Å². The highest BCUT2D eigenvalue weighted by atomic mass is 32.2. The van der Waals surface area contributed by atoms with Crippen LogP contribution in [0.25, 0.3) is 0 Å². The molecule has 0 aromatic heterocycles. The van der Waals surface area contributed by atoms with Gasteiger partial charge in [0.1, 0.15) is 5.75 Å². The van der Waals surface area contributed by atoms with Gasteiger partial charge < -0.3 is 9.64 Å². The smallest absolute Gasteiger partial charge is 0.260 e. The van der Waals surface area contributed by atoms with Gasteiger partial charge in [0.05, 0.1) is 11.5 Å². The van der Waals surface area contributed by atoms with Crippen LogP contribution in [0.1, 0.15) is 31.4 Å². The summed E-state index contributed by atoms with van der Waals surface area (Å²) in [6, 6.07) is 5.59. The van der Waals surface area contributed by atoms with Crippen molar-refractivity contribution in [1.29, 1.82) is 0 Å². The highest BCUT2D eigenvalue weighted by Gasteiger charge is 2.34. The first-order valence-electron chi connectivity index (χ1n) is 8.38. The van der Waals surface area contributed by atoms with E-state index in [0.717, 1.165) is 11.1 Å². The first-order valence-corrected chi connectivity index (χ1v) is 10.2. The molecule has 0 radical (unpaired) electrons. The molecule has 24 heavy (non-hydrogen) atoms. The zero-order valence-corrected chi connectivity index (χ0v) is 15.7. The average molecular weight is 353 g/mol. The quantitative estimate of drug-likeness (QED) is 0.787. The van der Waals surface area contributed by atoms with Crippen LogP contribution >= 0.6 is 0 Å². The van der Waals surface area contributed by atoms with E-state index in [1.807, 2.05) is 45.9 Å². The zero-order chi connectivity index (χ0) is 17.9. The van der Waals surface area contributed by atoms with Crippen molar-refractivity contribution in [1.82, 2.24) is 4.90 Å². The van der Waals surface area contributed by atoms with E-state index in [1.165, 1.54) is 0 Å². The Morgan fingerprint density at radius 2 is 2.04 bits per heavy atom. The highest BCUT2D eigenvalue weighted by Crippen LogP contribution is 2.21. The van der Waals surface area contributed by atoms with Crippen LogP contribution in [0.3, 0.4) is 0 Å². The second-order valence-electron chi connectivity index (χ2n) is 7.05. The molecule has 1 aromatic rings. The number of nitrogens with zero attached hydrogens (tertiary/aromatic N) is 1. The van der Waals surface area contributed by atoms with Gasteiger partial charge in [0, 0.05) is 12.6 Å². The summed E-state index contributed by atoms with van der Waals surface area (Å²) in [5.74, 6) is 1.05. The van der Waals surface area contributed by atoms with Gasteiger partial charge in [-0.2, -0.15) is 0 Å². The molecule has 1 aromatic carbocycles. The van der Waals surface area contributed by atoms with Crippen molar-refractivity contribution in [3.63, 3.8) is 0 Å². The summed E-state index contributed by atoms with van der Waals surface area (Å²) in [4.78, 5) is 14.3. The number of sulfone groups is 1. The molecule has 0 N–H and O–H groups in total. The lowest BCUT2D eigenvalue weighted by Crippen LogP contribution is -2.45. The van der Waals surface area contributed by atoms with Gasteiger partial charge in [0.15, 0.2) is 16.4 Å². The Hall–Kier alpha value is -1.56. The molecule has 5 nitrogen and oxygen atoms in total. The third-order valence-corrected chi connectivity index (χ3v) is 5.96. The maximum atomic E-state index is 12.6. The van der Waals surface area contributed by atoms with Gasteiger partial charge in [-0.3, -0.25) is 4.79 Å². The Bertz CT molecular complexity index is 697.